The number of anilines is 2. The number of urea groups is 1. The fourth-order valence-electron chi connectivity index (χ4n) is 3.60. The van der Waals surface area contributed by atoms with Crippen LogP contribution in [-0.4, -0.2) is 30.4 Å². The largest absolute Gasteiger partial charge is 0.484 e. The number of hydrogen-bond donors (Lipinski definition) is 2. The van der Waals surface area contributed by atoms with Gasteiger partial charge in [-0.15, -0.1) is 0 Å². The molecule has 0 spiro atoms. The third-order valence-electron chi connectivity index (χ3n) is 5.68. The van der Waals surface area contributed by atoms with E-state index < -0.39 is 17.8 Å². The molecule has 2 N–H and O–H groups in total. The molecule has 0 saturated carbocycles. The number of benzene rings is 3. The van der Waals surface area contributed by atoms with Gasteiger partial charge in [-0.1, -0.05) is 47.5 Å². The molecule has 37 heavy (non-hydrogen) atoms. The molecule has 3 aromatic carbocycles. The lowest BCUT2D eigenvalue weighted by Gasteiger charge is -2.26. The highest BCUT2D eigenvalue weighted by molar-refractivity contribution is 6.43. The van der Waals surface area contributed by atoms with Gasteiger partial charge in [-0.3, -0.25) is 19.7 Å². The summed E-state index contributed by atoms with van der Waals surface area (Å²) in [5, 5.41) is 5.36. The van der Waals surface area contributed by atoms with E-state index in [0.717, 1.165) is 16.0 Å². The van der Waals surface area contributed by atoms with E-state index in [9.17, 15) is 19.2 Å². The van der Waals surface area contributed by atoms with Crippen LogP contribution in [0.15, 0.2) is 66.2 Å². The first-order valence-corrected chi connectivity index (χ1v) is 11.8. The first kappa shape index (κ1) is 25.9. The lowest BCUT2D eigenvalue weighted by Crippen LogP contribution is -2.54. The number of imide groups is 2. The van der Waals surface area contributed by atoms with Crippen molar-refractivity contribution in [3.63, 3.8) is 0 Å². The highest BCUT2D eigenvalue weighted by Gasteiger charge is 2.37. The van der Waals surface area contributed by atoms with E-state index in [1.165, 1.54) is 24.3 Å². The molecule has 0 unspecified atom stereocenters. The molecule has 4 rings (SSSR count). The van der Waals surface area contributed by atoms with Gasteiger partial charge in [0.05, 0.1) is 15.7 Å². The quantitative estimate of drug-likeness (QED) is 0.328. The summed E-state index contributed by atoms with van der Waals surface area (Å²) in [7, 11) is 0. The molecule has 188 valence electrons. The molecule has 0 aromatic heterocycles. The molecule has 1 aliphatic rings. The number of hydrogen-bond acceptors (Lipinski definition) is 5. The number of nitrogens with one attached hydrogen (secondary N) is 2. The minimum atomic E-state index is -0.905. The van der Waals surface area contributed by atoms with Crippen LogP contribution < -0.4 is 20.3 Å². The lowest BCUT2D eigenvalue weighted by atomic mass is 10.1. The lowest BCUT2D eigenvalue weighted by molar-refractivity contribution is -0.122. The number of carbonyl (C=O) groups excluding carboxylic acids is 4. The number of barbiturate groups is 1. The van der Waals surface area contributed by atoms with Crippen molar-refractivity contribution in [3.8, 4) is 5.75 Å². The Bertz CT molecular complexity index is 1470. The highest BCUT2D eigenvalue weighted by atomic mass is 35.5. The van der Waals surface area contributed by atoms with E-state index in [-0.39, 0.29) is 33.8 Å². The Hall–Kier alpha value is -4.14. The average molecular weight is 538 g/mol. The zero-order valence-electron chi connectivity index (χ0n) is 19.8. The number of amides is 5. The molecule has 3 aromatic rings. The Morgan fingerprint density at radius 1 is 1.00 bits per heavy atom. The molecule has 0 bridgehead atoms. The van der Waals surface area contributed by atoms with Crippen LogP contribution in [0.5, 0.6) is 5.75 Å². The van der Waals surface area contributed by atoms with E-state index in [1.807, 2.05) is 32.0 Å². The minimum absolute atomic E-state index is 0.147. The molecular weight excluding hydrogens is 517 g/mol. The Morgan fingerprint density at radius 2 is 1.76 bits per heavy atom. The van der Waals surface area contributed by atoms with Gasteiger partial charge < -0.3 is 10.1 Å². The van der Waals surface area contributed by atoms with E-state index in [2.05, 4.69) is 10.6 Å². The fourth-order valence-corrected chi connectivity index (χ4v) is 3.89. The standard InChI is InChI=1S/C27H21Cl2N3O5/c1-15-5-3-8-23(16(15)2)30-24(33)14-37-19-7-4-6-17(11-19)12-20-25(34)31-27(36)32(26(20)35)18-9-10-21(28)22(29)13-18/h3-13H,14H2,1-2H3,(H,30,33)(H,31,34,36)/b20-12-. The van der Waals surface area contributed by atoms with Gasteiger partial charge >= 0.3 is 6.03 Å². The smallest absolute Gasteiger partial charge is 0.335 e. The normalized spacial score (nSPS) is 14.5. The maximum absolute atomic E-state index is 13.1. The minimum Gasteiger partial charge on any atom is -0.484 e. The van der Waals surface area contributed by atoms with Crippen LogP contribution in [0.2, 0.25) is 10.0 Å². The number of carbonyl (C=O) groups is 4. The average Bonchev–Trinajstić information content (AvgIpc) is 2.86. The summed E-state index contributed by atoms with van der Waals surface area (Å²) in [6.45, 7) is 3.63. The van der Waals surface area contributed by atoms with Gasteiger partial charge in [0.15, 0.2) is 6.61 Å². The van der Waals surface area contributed by atoms with Gasteiger partial charge in [0.25, 0.3) is 17.7 Å². The van der Waals surface area contributed by atoms with Gasteiger partial charge in [0.1, 0.15) is 11.3 Å². The summed E-state index contributed by atoms with van der Waals surface area (Å²) in [6, 6.07) is 15.5. The molecule has 1 aliphatic heterocycles. The van der Waals surface area contributed by atoms with Gasteiger partial charge in [0.2, 0.25) is 0 Å². The Kier molecular flexibility index (Phi) is 7.61. The maximum atomic E-state index is 13.1. The second-order valence-corrected chi connectivity index (χ2v) is 9.03. The van der Waals surface area contributed by atoms with E-state index in [1.54, 1.807) is 24.3 Å². The van der Waals surface area contributed by atoms with Gasteiger partial charge in [0, 0.05) is 5.69 Å². The highest BCUT2D eigenvalue weighted by Crippen LogP contribution is 2.29. The second kappa shape index (κ2) is 10.9. The van der Waals surface area contributed by atoms with Crippen molar-refractivity contribution in [1.82, 2.24) is 5.32 Å². The third-order valence-corrected chi connectivity index (χ3v) is 6.42. The molecule has 1 saturated heterocycles. The molecule has 0 atom stereocenters. The van der Waals surface area contributed by atoms with Crippen LogP contribution >= 0.6 is 23.2 Å². The number of rotatable bonds is 6. The summed E-state index contributed by atoms with van der Waals surface area (Å²) < 4.78 is 5.61. The predicted molar refractivity (Wildman–Crippen MR) is 142 cm³/mol. The molecule has 0 radical (unpaired) electrons. The molecule has 1 fully saturated rings. The molecule has 10 heteroatoms. The Balaban J connectivity index is 1.50. The molecule has 5 amide bonds. The summed E-state index contributed by atoms with van der Waals surface area (Å²) in [6.07, 6.45) is 1.33. The topological polar surface area (TPSA) is 105 Å². The van der Waals surface area contributed by atoms with Crippen molar-refractivity contribution in [2.75, 3.05) is 16.8 Å². The fraction of sp³-hybridized carbons (Fsp3) is 0.111. The predicted octanol–water partition coefficient (Wildman–Crippen LogP) is 5.29. The van der Waals surface area contributed by atoms with Gasteiger partial charge in [-0.2, -0.15) is 0 Å². The number of halogens is 2. The Morgan fingerprint density at radius 3 is 2.51 bits per heavy atom. The van der Waals surface area contributed by atoms with Crippen molar-refractivity contribution >= 4 is 64.4 Å². The first-order valence-electron chi connectivity index (χ1n) is 11.1. The first-order chi connectivity index (χ1) is 17.6. The summed E-state index contributed by atoms with van der Waals surface area (Å²) in [4.78, 5) is 51.1. The van der Waals surface area contributed by atoms with Crippen LogP contribution in [-0.2, 0) is 14.4 Å². The van der Waals surface area contributed by atoms with Crippen molar-refractivity contribution in [1.29, 1.82) is 0 Å². The zero-order chi connectivity index (χ0) is 26.7. The van der Waals surface area contributed by atoms with Crippen molar-refractivity contribution in [2.24, 2.45) is 0 Å². The van der Waals surface area contributed by atoms with Crippen molar-refractivity contribution < 1.29 is 23.9 Å². The van der Waals surface area contributed by atoms with E-state index in [4.69, 9.17) is 27.9 Å². The molecule has 8 nitrogen and oxygen atoms in total. The monoisotopic (exact) mass is 537 g/mol. The van der Waals surface area contributed by atoms with Crippen LogP contribution in [0, 0.1) is 13.8 Å². The number of ether oxygens (including phenoxy) is 1. The molecule has 0 aliphatic carbocycles. The summed E-state index contributed by atoms with van der Waals surface area (Å²) in [5.41, 5.74) is 3.07. The van der Waals surface area contributed by atoms with E-state index in [0.29, 0.717) is 17.0 Å². The number of nitrogens with zero attached hydrogens (tertiary/aromatic N) is 1. The van der Waals surface area contributed by atoms with Crippen molar-refractivity contribution in [3.05, 3.63) is 93.0 Å². The number of aryl methyl sites for hydroxylation is 1. The van der Waals surface area contributed by atoms with Crippen LogP contribution in [0.4, 0.5) is 16.2 Å². The Labute approximate surface area is 222 Å². The van der Waals surface area contributed by atoms with Crippen LogP contribution in [0.25, 0.3) is 6.08 Å². The SMILES string of the molecule is Cc1cccc(NC(=O)COc2cccc(/C=C3/C(=O)NC(=O)N(c4ccc(Cl)c(Cl)c4)C3=O)c2)c1C. The maximum Gasteiger partial charge on any atom is 0.335 e. The van der Waals surface area contributed by atoms with Crippen LogP contribution in [0.1, 0.15) is 16.7 Å². The van der Waals surface area contributed by atoms with E-state index >= 15 is 0 Å². The summed E-state index contributed by atoms with van der Waals surface area (Å²) >= 11 is 12.0. The van der Waals surface area contributed by atoms with Gasteiger partial charge in [-0.05, 0) is 73.0 Å². The zero-order valence-corrected chi connectivity index (χ0v) is 21.3. The second-order valence-electron chi connectivity index (χ2n) is 8.21. The van der Waals surface area contributed by atoms with Gasteiger partial charge in [-0.25, -0.2) is 9.69 Å². The summed E-state index contributed by atoms with van der Waals surface area (Å²) in [5.74, 6) is -1.65. The van der Waals surface area contributed by atoms with Crippen LogP contribution in [0.3, 0.4) is 0 Å². The molecular formula is C27H21Cl2N3O5. The molecule has 1 heterocycles. The third kappa shape index (κ3) is 5.82. The van der Waals surface area contributed by atoms with Crippen molar-refractivity contribution in [2.45, 2.75) is 13.8 Å².